The molecule has 0 saturated carbocycles. The van der Waals surface area contributed by atoms with Crippen LogP contribution in [0.1, 0.15) is 39.2 Å². The topological polar surface area (TPSA) is 38.8 Å². The lowest BCUT2D eigenvalue weighted by Gasteiger charge is -2.33. The van der Waals surface area contributed by atoms with Crippen molar-refractivity contribution in [1.29, 1.82) is 0 Å². The molecule has 0 aliphatic carbocycles. The molecule has 1 heterocycles. The largest absolute Gasteiger partial charge is 0.493 e. The standard InChI is InChI=1S/C19H26ClNO3/c1-5-15-6-7-16(12-17(15)20)23-13-14-8-10-21(11-9-14)18(22)24-19(2,3)4/h5-7,12,14H,1,8-11,13H2,2-4H3. The van der Waals surface area contributed by atoms with Gasteiger partial charge in [0.2, 0.25) is 0 Å². The van der Waals surface area contributed by atoms with Gasteiger partial charge < -0.3 is 14.4 Å². The quantitative estimate of drug-likeness (QED) is 0.765. The Labute approximate surface area is 149 Å². The first-order chi connectivity index (χ1) is 11.3. The van der Waals surface area contributed by atoms with E-state index in [4.69, 9.17) is 21.1 Å². The van der Waals surface area contributed by atoms with Gasteiger partial charge in [-0.15, -0.1) is 0 Å². The second-order valence-electron chi connectivity index (χ2n) is 7.11. The Morgan fingerprint density at radius 3 is 2.58 bits per heavy atom. The molecule has 5 heteroatoms. The van der Waals surface area contributed by atoms with Gasteiger partial charge in [0.15, 0.2) is 0 Å². The normalized spacial score (nSPS) is 15.9. The SMILES string of the molecule is C=Cc1ccc(OCC2CCN(C(=O)OC(C)(C)C)CC2)cc1Cl. The monoisotopic (exact) mass is 351 g/mol. The molecule has 1 saturated heterocycles. The molecule has 0 bridgehead atoms. The third kappa shape index (κ3) is 5.45. The first-order valence-electron chi connectivity index (χ1n) is 8.31. The van der Waals surface area contributed by atoms with Crippen LogP contribution in [0.3, 0.4) is 0 Å². The molecule has 1 aliphatic rings. The fraction of sp³-hybridized carbons (Fsp3) is 0.526. The van der Waals surface area contributed by atoms with Crippen LogP contribution in [-0.4, -0.2) is 36.3 Å². The number of hydrogen-bond acceptors (Lipinski definition) is 3. The molecule has 1 aliphatic heterocycles. The highest BCUT2D eigenvalue weighted by molar-refractivity contribution is 6.32. The van der Waals surface area contributed by atoms with Crippen LogP contribution in [0.5, 0.6) is 5.75 Å². The molecule has 24 heavy (non-hydrogen) atoms. The zero-order valence-electron chi connectivity index (χ0n) is 14.7. The number of amides is 1. The molecular weight excluding hydrogens is 326 g/mol. The number of likely N-dealkylation sites (tertiary alicyclic amines) is 1. The number of rotatable bonds is 4. The molecule has 0 radical (unpaired) electrons. The molecule has 0 aromatic heterocycles. The third-order valence-electron chi connectivity index (χ3n) is 3.94. The van der Waals surface area contributed by atoms with E-state index >= 15 is 0 Å². The molecule has 2 rings (SSSR count). The lowest BCUT2D eigenvalue weighted by Crippen LogP contribution is -2.42. The van der Waals surface area contributed by atoms with E-state index in [1.165, 1.54) is 0 Å². The summed E-state index contributed by atoms with van der Waals surface area (Å²) in [5.74, 6) is 1.20. The molecule has 0 N–H and O–H groups in total. The second kappa shape index (κ2) is 7.93. The fourth-order valence-electron chi connectivity index (χ4n) is 2.59. The predicted molar refractivity (Wildman–Crippen MR) is 97.6 cm³/mol. The minimum Gasteiger partial charge on any atom is -0.493 e. The van der Waals surface area contributed by atoms with Crippen molar-refractivity contribution < 1.29 is 14.3 Å². The Balaban J connectivity index is 1.78. The first kappa shape index (κ1) is 18.7. The van der Waals surface area contributed by atoms with Gasteiger partial charge in [-0.2, -0.15) is 0 Å². The number of benzene rings is 1. The van der Waals surface area contributed by atoms with Gasteiger partial charge in [0.05, 0.1) is 11.6 Å². The van der Waals surface area contributed by atoms with Crippen molar-refractivity contribution in [2.24, 2.45) is 5.92 Å². The van der Waals surface area contributed by atoms with Gasteiger partial charge in [-0.1, -0.05) is 24.3 Å². The van der Waals surface area contributed by atoms with Crippen molar-refractivity contribution in [3.8, 4) is 5.75 Å². The van der Waals surface area contributed by atoms with E-state index in [1.807, 2.05) is 39.0 Å². The summed E-state index contributed by atoms with van der Waals surface area (Å²) in [6.07, 6.45) is 3.32. The van der Waals surface area contributed by atoms with Gasteiger partial charge in [0.25, 0.3) is 0 Å². The highest BCUT2D eigenvalue weighted by Gasteiger charge is 2.27. The maximum Gasteiger partial charge on any atom is 0.410 e. The van der Waals surface area contributed by atoms with Gasteiger partial charge in [0, 0.05) is 13.1 Å². The van der Waals surface area contributed by atoms with E-state index in [9.17, 15) is 4.79 Å². The molecule has 4 nitrogen and oxygen atoms in total. The van der Waals surface area contributed by atoms with Crippen LogP contribution < -0.4 is 4.74 Å². The maximum atomic E-state index is 12.0. The molecule has 1 aromatic rings. The minimum absolute atomic E-state index is 0.228. The van der Waals surface area contributed by atoms with Crippen LogP contribution >= 0.6 is 11.6 Å². The van der Waals surface area contributed by atoms with Crippen LogP contribution in [0.25, 0.3) is 6.08 Å². The summed E-state index contributed by atoms with van der Waals surface area (Å²) >= 11 is 6.15. The second-order valence-corrected chi connectivity index (χ2v) is 7.52. The van der Waals surface area contributed by atoms with Gasteiger partial charge in [0.1, 0.15) is 11.4 Å². The summed E-state index contributed by atoms with van der Waals surface area (Å²) in [5.41, 5.74) is 0.447. The summed E-state index contributed by atoms with van der Waals surface area (Å²) in [6.45, 7) is 11.4. The van der Waals surface area contributed by atoms with Gasteiger partial charge in [-0.25, -0.2) is 4.79 Å². The Hall–Kier alpha value is -1.68. The number of ether oxygens (including phenoxy) is 2. The highest BCUT2D eigenvalue weighted by Crippen LogP contribution is 2.25. The Morgan fingerprint density at radius 2 is 2.04 bits per heavy atom. The van der Waals surface area contributed by atoms with Crippen molar-refractivity contribution in [3.05, 3.63) is 35.4 Å². The van der Waals surface area contributed by atoms with Gasteiger partial charge in [-0.05, 0) is 63.3 Å². The smallest absolute Gasteiger partial charge is 0.410 e. The molecule has 1 amide bonds. The van der Waals surface area contributed by atoms with Gasteiger partial charge in [-0.3, -0.25) is 0 Å². The van der Waals surface area contributed by atoms with Crippen LogP contribution in [-0.2, 0) is 4.74 Å². The van der Waals surface area contributed by atoms with Crippen LogP contribution in [0.2, 0.25) is 5.02 Å². The average Bonchev–Trinajstić information content (AvgIpc) is 2.52. The molecule has 1 aromatic carbocycles. The summed E-state index contributed by atoms with van der Waals surface area (Å²) in [6, 6.07) is 5.61. The highest BCUT2D eigenvalue weighted by atomic mass is 35.5. The van der Waals surface area contributed by atoms with E-state index in [1.54, 1.807) is 11.0 Å². The first-order valence-corrected chi connectivity index (χ1v) is 8.69. The molecular formula is C19H26ClNO3. The third-order valence-corrected chi connectivity index (χ3v) is 4.27. The van der Waals surface area contributed by atoms with E-state index < -0.39 is 5.60 Å². The van der Waals surface area contributed by atoms with Crippen LogP contribution in [0.15, 0.2) is 24.8 Å². The number of carbonyl (C=O) groups is 1. The van der Waals surface area contributed by atoms with Gasteiger partial charge >= 0.3 is 6.09 Å². The van der Waals surface area contributed by atoms with Crippen molar-refractivity contribution in [3.63, 3.8) is 0 Å². The number of halogens is 1. The number of carbonyl (C=O) groups excluding carboxylic acids is 1. The van der Waals surface area contributed by atoms with Crippen molar-refractivity contribution >= 4 is 23.8 Å². The lowest BCUT2D eigenvalue weighted by molar-refractivity contribution is 0.0165. The van der Waals surface area contributed by atoms with Crippen molar-refractivity contribution in [2.75, 3.05) is 19.7 Å². The lowest BCUT2D eigenvalue weighted by atomic mass is 9.98. The predicted octanol–water partition coefficient (Wildman–Crippen LogP) is 5.01. The summed E-state index contributed by atoms with van der Waals surface area (Å²) in [5, 5.41) is 0.641. The van der Waals surface area contributed by atoms with Crippen molar-refractivity contribution in [1.82, 2.24) is 4.90 Å². The molecule has 0 unspecified atom stereocenters. The van der Waals surface area contributed by atoms with E-state index in [2.05, 4.69) is 6.58 Å². The Bertz CT molecular complexity index is 587. The Kier molecular flexibility index (Phi) is 6.16. The number of piperidine rings is 1. The zero-order valence-corrected chi connectivity index (χ0v) is 15.4. The molecule has 132 valence electrons. The summed E-state index contributed by atoms with van der Waals surface area (Å²) < 4.78 is 11.3. The Morgan fingerprint density at radius 1 is 1.38 bits per heavy atom. The van der Waals surface area contributed by atoms with E-state index in [0.29, 0.717) is 30.6 Å². The zero-order chi connectivity index (χ0) is 17.7. The van der Waals surface area contributed by atoms with Crippen LogP contribution in [0.4, 0.5) is 4.79 Å². The fourth-order valence-corrected chi connectivity index (χ4v) is 2.83. The summed E-state index contributed by atoms with van der Waals surface area (Å²) in [4.78, 5) is 13.8. The molecule has 0 spiro atoms. The maximum absolute atomic E-state index is 12.0. The molecule has 1 fully saturated rings. The number of hydrogen-bond donors (Lipinski definition) is 0. The minimum atomic E-state index is -0.450. The van der Waals surface area contributed by atoms with Crippen LogP contribution in [0, 0.1) is 5.92 Å². The number of nitrogens with zero attached hydrogens (tertiary/aromatic N) is 1. The summed E-state index contributed by atoms with van der Waals surface area (Å²) in [7, 11) is 0. The van der Waals surface area contributed by atoms with Crippen molar-refractivity contribution in [2.45, 2.75) is 39.2 Å². The average molecular weight is 352 g/mol. The van der Waals surface area contributed by atoms with E-state index in [-0.39, 0.29) is 6.09 Å². The van der Waals surface area contributed by atoms with E-state index in [0.717, 1.165) is 24.2 Å². The molecule has 0 atom stereocenters.